The molecule has 0 aromatic carbocycles. The molecule has 13 heteroatoms. The largest absolute Gasteiger partial charge is 0.487 e. The third-order valence-corrected chi connectivity index (χ3v) is 5.41. The fourth-order valence-corrected chi connectivity index (χ4v) is 3.75. The SMILES string of the molecule is Cc1nc(NC2CC(Oc3cnc(C(F)(F)F)nc3)C2)nc2c1NC(=O)[C@H]([C@H](C)O)N2C. The molecule has 0 radical (unpaired) electrons. The summed E-state index contributed by atoms with van der Waals surface area (Å²) in [4.78, 5) is 29.3. The Kier molecular flexibility index (Phi) is 5.53. The van der Waals surface area contributed by atoms with Gasteiger partial charge >= 0.3 is 6.18 Å². The van der Waals surface area contributed by atoms with Crippen molar-refractivity contribution >= 4 is 23.4 Å². The van der Waals surface area contributed by atoms with E-state index in [1.165, 1.54) is 6.92 Å². The van der Waals surface area contributed by atoms with Crippen LogP contribution in [0.2, 0.25) is 0 Å². The van der Waals surface area contributed by atoms with E-state index >= 15 is 0 Å². The molecule has 10 nitrogen and oxygen atoms in total. The van der Waals surface area contributed by atoms with Crippen LogP contribution >= 0.6 is 0 Å². The van der Waals surface area contributed by atoms with Gasteiger partial charge in [0.15, 0.2) is 11.6 Å². The van der Waals surface area contributed by atoms with E-state index in [1.807, 2.05) is 0 Å². The maximum absolute atomic E-state index is 12.5. The fourth-order valence-electron chi connectivity index (χ4n) is 3.75. The van der Waals surface area contributed by atoms with Crippen LogP contribution in [0.15, 0.2) is 12.4 Å². The number of amides is 1. The van der Waals surface area contributed by atoms with Crippen molar-refractivity contribution in [1.29, 1.82) is 0 Å². The molecule has 0 saturated heterocycles. The third kappa shape index (κ3) is 4.24. The monoisotopic (exact) mass is 453 g/mol. The Hall–Kier alpha value is -3.22. The summed E-state index contributed by atoms with van der Waals surface area (Å²) in [5, 5.41) is 15.9. The van der Waals surface area contributed by atoms with Gasteiger partial charge in [0.2, 0.25) is 17.7 Å². The van der Waals surface area contributed by atoms with Crippen molar-refractivity contribution in [2.75, 3.05) is 22.6 Å². The Morgan fingerprint density at radius 1 is 1.28 bits per heavy atom. The predicted octanol–water partition coefficient (Wildman–Crippen LogP) is 1.75. The minimum absolute atomic E-state index is 0.00358. The molecule has 4 rings (SSSR count). The first-order chi connectivity index (χ1) is 15.0. The van der Waals surface area contributed by atoms with Gasteiger partial charge in [-0.3, -0.25) is 4.79 Å². The van der Waals surface area contributed by atoms with Gasteiger partial charge in [-0.05, 0) is 13.8 Å². The number of aliphatic hydroxyl groups is 1. The van der Waals surface area contributed by atoms with Gasteiger partial charge in [-0.15, -0.1) is 0 Å². The number of rotatable bonds is 5. The van der Waals surface area contributed by atoms with Crippen LogP contribution in [-0.2, 0) is 11.0 Å². The van der Waals surface area contributed by atoms with Crippen molar-refractivity contribution in [2.45, 2.75) is 57.2 Å². The van der Waals surface area contributed by atoms with Crippen molar-refractivity contribution in [1.82, 2.24) is 19.9 Å². The van der Waals surface area contributed by atoms with E-state index in [0.29, 0.717) is 36.0 Å². The van der Waals surface area contributed by atoms with Gasteiger partial charge in [-0.2, -0.15) is 18.2 Å². The highest BCUT2D eigenvalue weighted by Gasteiger charge is 2.38. The van der Waals surface area contributed by atoms with E-state index < -0.39 is 24.1 Å². The minimum Gasteiger partial charge on any atom is -0.487 e. The summed E-state index contributed by atoms with van der Waals surface area (Å²) < 4.78 is 43.2. The Bertz CT molecular complexity index is 1010. The molecule has 172 valence electrons. The quantitative estimate of drug-likeness (QED) is 0.621. The predicted molar refractivity (Wildman–Crippen MR) is 107 cm³/mol. The number of hydrogen-bond donors (Lipinski definition) is 3. The molecule has 0 unspecified atom stereocenters. The average Bonchev–Trinajstić information content (AvgIpc) is 2.67. The van der Waals surface area contributed by atoms with E-state index in [9.17, 15) is 23.1 Å². The molecule has 1 saturated carbocycles. The summed E-state index contributed by atoms with van der Waals surface area (Å²) in [5.41, 5.74) is 1.08. The van der Waals surface area contributed by atoms with E-state index in [-0.39, 0.29) is 23.8 Å². The first-order valence-electron chi connectivity index (χ1n) is 9.95. The molecule has 32 heavy (non-hydrogen) atoms. The topological polar surface area (TPSA) is 125 Å². The zero-order valence-corrected chi connectivity index (χ0v) is 17.5. The van der Waals surface area contributed by atoms with Crippen molar-refractivity contribution in [3.63, 3.8) is 0 Å². The lowest BCUT2D eigenvalue weighted by Crippen LogP contribution is -2.52. The highest BCUT2D eigenvalue weighted by atomic mass is 19.4. The number of nitrogens with one attached hydrogen (secondary N) is 2. The van der Waals surface area contributed by atoms with Crippen LogP contribution in [0.3, 0.4) is 0 Å². The van der Waals surface area contributed by atoms with Crippen LogP contribution in [0.1, 0.15) is 31.3 Å². The number of aliphatic hydroxyl groups excluding tert-OH is 1. The number of nitrogens with zero attached hydrogens (tertiary/aromatic N) is 5. The highest BCUT2D eigenvalue weighted by molar-refractivity contribution is 6.03. The molecule has 0 bridgehead atoms. The number of halogens is 3. The smallest absolute Gasteiger partial charge is 0.451 e. The van der Waals surface area contributed by atoms with Gasteiger partial charge in [0.25, 0.3) is 0 Å². The number of likely N-dealkylation sites (N-methyl/N-ethyl adjacent to an activating group) is 1. The molecule has 0 spiro atoms. The van der Waals surface area contributed by atoms with Gasteiger partial charge in [0.05, 0.1) is 24.2 Å². The second-order valence-electron chi connectivity index (χ2n) is 7.91. The third-order valence-electron chi connectivity index (χ3n) is 5.41. The second-order valence-corrected chi connectivity index (χ2v) is 7.91. The van der Waals surface area contributed by atoms with E-state index in [1.54, 1.807) is 18.9 Å². The minimum atomic E-state index is -4.59. The Balaban J connectivity index is 1.37. The number of hydrogen-bond acceptors (Lipinski definition) is 9. The fraction of sp³-hybridized carbons (Fsp3) is 0.526. The Morgan fingerprint density at radius 3 is 2.53 bits per heavy atom. The van der Waals surface area contributed by atoms with Crippen molar-refractivity contribution in [2.24, 2.45) is 0 Å². The lowest BCUT2D eigenvalue weighted by atomic mass is 9.89. The van der Waals surface area contributed by atoms with E-state index in [4.69, 9.17) is 4.74 Å². The number of ether oxygens (including phenoxy) is 1. The van der Waals surface area contributed by atoms with Gasteiger partial charge in [-0.1, -0.05) is 0 Å². The van der Waals surface area contributed by atoms with E-state index in [0.717, 1.165) is 12.4 Å². The number of aromatic nitrogens is 4. The number of anilines is 3. The van der Waals surface area contributed by atoms with Gasteiger partial charge in [-0.25, -0.2) is 15.0 Å². The molecule has 2 atom stereocenters. The number of alkyl halides is 3. The first kappa shape index (κ1) is 22.0. The van der Waals surface area contributed by atoms with Gasteiger partial charge in [0.1, 0.15) is 17.8 Å². The Morgan fingerprint density at radius 2 is 1.94 bits per heavy atom. The molecule has 2 aromatic heterocycles. The van der Waals surface area contributed by atoms with E-state index in [2.05, 4.69) is 30.6 Å². The maximum atomic E-state index is 12.5. The molecule has 1 aliphatic heterocycles. The number of carbonyl (C=O) groups is 1. The lowest BCUT2D eigenvalue weighted by molar-refractivity contribution is -0.145. The molecule has 3 N–H and O–H groups in total. The molecule has 3 heterocycles. The Labute approximate surface area is 181 Å². The summed E-state index contributed by atoms with van der Waals surface area (Å²) in [5.74, 6) is -0.496. The molecular weight excluding hydrogens is 431 g/mol. The lowest BCUT2D eigenvalue weighted by Gasteiger charge is -2.37. The summed E-state index contributed by atoms with van der Waals surface area (Å²) in [6.07, 6.45) is -2.49. The van der Waals surface area contributed by atoms with Crippen molar-refractivity contribution in [3.8, 4) is 5.75 Å². The molecule has 1 amide bonds. The number of carbonyl (C=O) groups excluding carboxylic acids is 1. The van der Waals surface area contributed by atoms with Crippen LogP contribution in [-0.4, -0.2) is 62.3 Å². The van der Waals surface area contributed by atoms with Crippen LogP contribution in [0.25, 0.3) is 0 Å². The summed E-state index contributed by atoms with van der Waals surface area (Å²) in [6, 6.07) is -0.763. The van der Waals surface area contributed by atoms with Crippen LogP contribution in [0.4, 0.5) is 30.6 Å². The van der Waals surface area contributed by atoms with Crippen LogP contribution < -0.4 is 20.3 Å². The standard InChI is InChI=1S/C19H22F3N7O3/c1-8-13-15(29(3)14(9(2)30)16(31)27-13)28-18(25-8)26-10-4-11(5-10)32-12-6-23-17(24-7-12)19(20,21)22/h6-7,9-11,14,30H,4-5H2,1-3H3,(H,27,31)(H,25,26,28)/t9-,10?,11?,14-/m0/s1. The average molecular weight is 453 g/mol. The number of aryl methyl sites for hydroxylation is 1. The van der Waals surface area contributed by atoms with Crippen LogP contribution in [0.5, 0.6) is 5.75 Å². The van der Waals surface area contributed by atoms with Crippen molar-refractivity contribution < 1.29 is 27.8 Å². The molecular formula is C19H22F3N7O3. The van der Waals surface area contributed by atoms with Gasteiger partial charge in [0, 0.05) is 25.9 Å². The highest BCUT2D eigenvalue weighted by Crippen LogP contribution is 2.34. The summed E-state index contributed by atoms with van der Waals surface area (Å²) in [6.45, 7) is 3.29. The van der Waals surface area contributed by atoms with Gasteiger partial charge < -0.3 is 25.4 Å². The first-order valence-corrected chi connectivity index (χ1v) is 9.95. The van der Waals surface area contributed by atoms with Crippen LogP contribution in [0, 0.1) is 6.92 Å². The molecule has 1 aliphatic carbocycles. The molecule has 2 aromatic rings. The summed E-state index contributed by atoms with van der Waals surface area (Å²) >= 11 is 0. The molecule has 2 aliphatic rings. The summed E-state index contributed by atoms with van der Waals surface area (Å²) in [7, 11) is 1.69. The zero-order valence-electron chi connectivity index (χ0n) is 17.5. The molecule has 1 fully saturated rings. The zero-order chi connectivity index (χ0) is 23.2. The maximum Gasteiger partial charge on any atom is 0.451 e. The normalized spacial score (nSPS) is 23.7. The second kappa shape index (κ2) is 8.04. The van der Waals surface area contributed by atoms with Crippen molar-refractivity contribution in [3.05, 3.63) is 23.9 Å². The number of fused-ring (bicyclic) bond motifs is 1.